The Morgan fingerprint density at radius 1 is 1.42 bits per heavy atom. The van der Waals surface area contributed by atoms with E-state index < -0.39 is 9.84 Å². The third-order valence-electron chi connectivity index (χ3n) is 4.19. The fraction of sp³-hybridized carbons (Fsp3) is 0.500. The number of carbonyl (C=O) groups excluding carboxylic acids is 1. The minimum atomic E-state index is -3.25. The second-order valence-corrected chi connectivity index (χ2v) is 8.62. The van der Waals surface area contributed by atoms with E-state index in [-0.39, 0.29) is 24.2 Å². The summed E-state index contributed by atoms with van der Waals surface area (Å²) in [7, 11) is -3.25. The number of hydrogen-bond acceptors (Lipinski definition) is 5. The van der Waals surface area contributed by atoms with E-state index in [0.29, 0.717) is 23.8 Å². The molecular weight excluding hydrogens is 328 g/mol. The van der Waals surface area contributed by atoms with Crippen LogP contribution in [-0.2, 0) is 26.9 Å². The highest BCUT2D eigenvalue weighted by Gasteiger charge is 2.28. The topological polar surface area (TPSA) is 107 Å². The summed E-state index contributed by atoms with van der Waals surface area (Å²) in [4.78, 5) is 16.6. The lowest BCUT2D eigenvalue weighted by Gasteiger charge is -2.13. The van der Waals surface area contributed by atoms with Gasteiger partial charge < -0.3 is 15.6 Å². The van der Waals surface area contributed by atoms with Gasteiger partial charge in [-0.05, 0) is 30.9 Å². The largest absolute Gasteiger partial charge is 0.353 e. The van der Waals surface area contributed by atoms with Crippen molar-refractivity contribution in [1.82, 2.24) is 14.9 Å². The number of nitrogens with zero attached hydrogens (tertiary/aromatic N) is 2. The molecule has 1 aromatic carbocycles. The summed E-state index contributed by atoms with van der Waals surface area (Å²) in [5, 5.41) is 2.83. The molecule has 3 N–H and O–H groups in total. The molecule has 1 fully saturated rings. The van der Waals surface area contributed by atoms with Gasteiger partial charge in [0.1, 0.15) is 18.1 Å². The number of sulfone groups is 1. The van der Waals surface area contributed by atoms with E-state index in [2.05, 4.69) is 10.3 Å². The molecule has 1 unspecified atom stereocenters. The van der Waals surface area contributed by atoms with Crippen molar-refractivity contribution in [3.63, 3.8) is 0 Å². The molecular formula is C16H22N4O3S. The molecule has 8 heteroatoms. The van der Waals surface area contributed by atoms with Crippen LogP contribution < -0.4 is 11.1 Å². The molecule has 1 aliphatic rings. The zero-order chi connectivity index (χ0) is 17.3. The van der Waals surface area contributed by atoms with Gasteiger partial charge in [-0.2, -0.15) is 0 Å². The lowest BCUT2D eigenvalue weighted by Crippen LogP contribution is -2.40. The molecule has 130 valence electrons. The van der Waals surface area contributed by atoms with E-state index in [9.17, 15) is 13.2 Å². The van der Waals surface area contributed by atoms with Crippen LogP contribution >= 0.6 is 0 Å². The summed E-state index contributed by atoms with van der Waals surface area (Å²) in [6, 6.07) is 7.30. The number of rotatable bonds is 7. The minimum absolute atomic E-state index is 0.0102. The maximum Gasteiger partial charge on any atom is 0.240 e. The number of imidazole rings is 1. The Kier molecular flexibility index (Phi) is 4.60. The number of fused-ring (bicyclic) bond motifs is 1. The van der Waals surface area contributed by atoms with E-state index in [1.807, 2.05) is 18.2 Å². The molecule has 1 aromatic heterocycles. The zero-order valence-corrected chi connectivity index (χ0v) is 14.4. The number of amides is 1. The monoisotopic (exact) mass is 350 g/mol. The van der Waals surface area contributed by atoms with E-state index in [0.717, 1.165) is 24.6 Å². The van der Waals surface area contributed by atoms with Crippen LogP contribution in [0.1, 0.15) is 18.7 Å². The van der Waals surface area contributed by atoms with Gasteiger partial charge in [-0.1, -0.05) is 12.1 Å². The molecule has 0 aliphatic heterocycles. The minimum Gasteiger partial charge on any atom is -0.353 e. The number of nitrogens with two attached hydrogens (primary N) is 1. The van der Waals surface area contributed by atoms with Crippen molar-refractivity contribution >= 4 is 26.8 Å². The van der Waals surface area contributed by atoms with Gasteiger partial charge in [0, 0.05) is 18.8 Å². The summed E-state index contributed by atoms with van der Waals surface area (Å²) in [5.74, 6) is 0.501. The van der Waals surface area contributed by atoms with E-state index in [4.69, 9.17) is 5.73 Å². The predicted octanol–water partition coefficient (Wildman–Crippen LogP) is 0.434. The Hall–Kier alpha value is -1.93. The van der Waals surface area contributed by atoms with Gasteiger partial charge in [0.2, 0.25) is 5.91 Å². The number of hydrogen-bond donors (Lipinski definition) is 2. The Morgan fingerprint density at radius 2 is 2.12 bits per heavy atom. The molecule has 1 saturated carbocycles. The lowest BCUT2D eigenvalue weighted by atomic mass is 10.2. The second kappa shape index (κ2) is 6.52. The fourth-order valence-corrected chi connectivity index (χ4v) is 3.46. The van der Waals surface area contributed by atoms with Gasteiger partial charge in [0.25, 0.3) is 0 Å². The Balaban J connectivity index is 1.78. The van der Waals surface area contributed by atoms with E-state index in [1.165, 1.54) is 0 Å². The summed E-state index contributed by atoms with van der Waals surface area (Å²) in [6.45, 7) is 0.473. The van der Waals surface area contributed by atoms with Crippen LogP contribution in [0.15, 0.2) is 24.3 Å². The smallest absolute Gasteiger partial charge is 0.240 e. The summed E-state index contributed by atoms with van der Waals surface area (Å²) in [5.41, 5.74) is 7.42. The highest BCUT2D eigenvalue weighted by atomic mass is 32.2. The van der Waals surface area contributed by atoms with E-state index >= 15 is 0 Å². The summed E-state index contributed by atoms with van der Waals surface area (Å²) >= 11 is 0. The normalized spacial score (nSPS) is 16.2. The van der Waals surface area contributed by atoms with Gasteiger partial charge in [-0.25, -0.2) is 13.4 Å². The molecule has 0 radical (unpaired) electrons. The highest BCUT2D eigenvalue weighted by Crippen LogP contribution is 2.31. The number of aromatic nitrogens is 2. The third kappa shape index (κ3) is 4.12. The summed E-state index contributed by atoms with van der Waals surface area (Å²) < 4.78 is 24.9. The first kappa shape index (κ1) is 16.9. The average molecular weight is 350 g/mol. The van der Waals surface area contributed by atoms with Crippen molar-refractivity contribution in [1.29, 1.82) is 0 Å². The maximum atomic E-state index is 12.3. The van der Waals surface area contributed by atoms with Crippen molar-refractivity contribution in [3.8, 4) is 0 Å². The van der Waals surface area contributed by atoms with Crippen molar-refractivity contribution in [2.45, 2.75) is 31.2 Å². The van der Waals surface area contributed by atoms with Crippen molar-refractivity contribution in [2.24, 2.45) is 11.7 Å². The number of benzene rings is 1. The van der Waals surface area contributed by atoms with Crippen LogP contribution in [0.5, 0.6) is 0 Å². The number of nitrogens with one attached hydrogen (secondary N) is 1. The van der Waals surface area contributed by atoms with Gasteiger partial charge in [0.15, 0.2) is 9.84 Å². The molecule has 2 aromatic rings. The molecule has 1 aliphatic carbocycles. The van der Waals surface area contributed by atoms with Gasteiger partial charge in [-0.15, -0.1) is 0 Å². The van der Waals surface area contributed by atoms with Gasteiger partial charge in [-0.3, -0.25) is 4.79 Å². The molecule has 0 saturated heterocycles. The average Bonchev–Trinajstić information content (AvgIpc) is 3.29. The molecule has 0 bridgehead atoms. The Labute approximate surface area is 141 Å². The lowest BCUT2D eigenvalue weighted by molar-refractivity contribution is -0.121. The Bertz CT molecular complexity index is 855. The molecule has 24 heavy (non-hydrogen) atoms. The quantitative estimate of drug-likeness (QED) is 0.753. The summed E-state index contributed by atoms with van der Waals surface area (Å²) in [6.07, 6.45) is 3.41. The van der Waals surface area contributed by atoms with Crippen LogP contribution in [-0.4, -0.2) is 42.7 Å². The van der Waals surface area contributed by atoms with Crippen molar-refractivity contribution in [2.75, 3.05) is 12.8 Å². The predicted molar refractivity (Wildman–Crippen MR) is 92.0 cm³/mol. The third-order valence-corrected chi connectivity index (χ3v) is 4.97. The second-order valence-electron chi connectivity index (χ2n) is 6.48. The molecule has 1 heterocycles. The molecule has 1 amide bonds. The SMILES string of the molecule is CS(=O)(=O)Cc1nc2ccccc2n1CC(=O)NCC(N)C1CC1. The van der Waals surface area contributed by atoms with Gasteiger partial charge in [0.05, 0.1) is 11.0 Å². The first-order chi connectivity index (χ1) is 11.3. The Morgan fingerprint density at radius 3 is 2.79 bits per heavy atom. The number of para-hydroxylation sites is 2. The standard InChI is InChI=1S/C16H22N4O3S/c1-24(22,23)10-15-19-13-4-2-3-5-14(13)20(15)9-16(21)18-8-12(17)11-6-7-11/h2-5,11-12H,6-10,17H2,1H3,(H,18,21). The van der Waals surface area contributed by atoms with Gasteiger partial charge >= 0.3 is 0 Å². The van der Waals surface area contributed by atoms with Crippen molar-refractivity contribution < 1.29 is 13.2 Å². The van der Waals surface area contributed by atoms with Crippen LogP contribution in [0.25, 0.3) is 11.0 Å². The first-order valence-corrected chi connectivity index (χ1v) is 10.0. The first-order valence-electron chi connectivity index (χ1n) is 7.97. The van der Waals surface area contributed by atoms with Crippen LogP contribution in [0.4, 0.5) is 0 Å². The van der Waals surface area contributed by atoms with Crippen LogP contribution in [0.3, 0.4) is 0 Å². The molecule has 7 nitrogen and oxygen atoms in total. The van der Waals surface area contributed by atoms with Crippen LogP contribution in [0.2, 0.25) is 0 Å². The molecule has 3 rings (SSSR count). The highest BCUT2D eigenvalue weighted by molar-refractivity contribution is 7.89. The molecule has 0 spiro atoms. The van der Waals surface area contributed by atoms with E-state index in [1.54, 1.807) is 10.6 Å². The van der Waals surface area contributed by atoms with Crippen LogP contribution in [0, 0.1) is 5.92 Å². The molecule has 1 atom stereocenters. The number of carbonyl (C=O) groups is 1. The van der Waals surface area contributed by atoms with Crippen molar-refractivity contribution in [3.05, 3.63) is 30.1 Å². The maximum absolute atomic E-state index is 12.3. The fourth-order valence-electron chi connectivity index (χ4n) is 2.77. The zero-order valence-electron chi connectivity index (χ0n) is 13.6.